The summed E-state index contributed by atoms with van der Waals surface area (Å²) < 4.78 is 5.70. The minimum Gasteiger partial charge on any atom is -0.480 e. The highest BCUT2D eigenvalue weighted by Gasteiger charge is 2.43. The van der Waals surface area contributed by atoms with Crippen LogP contribution in [0, 0.1) is 11.8 Å². The first-order chi connectivity index (χ1) is 9.91. The molecule has 0 spiro atoms. The number of carboxylic acid groups (broad SMARTS) is 1. The van der Waals surface area contributed by atoms with E-state index in [9.17, 15) is 9.59 Å². The van der Waals surface area contributed by atoms with Gasteiger partial charge in [-0.05, 0) is 31.9 Å². The first-order valence-electron chi connectivity index (χ1n) is 7.15. The van der Waals surface area contributed by atoms with Crippen LogP contribution in [-0.2, 0) is 14.3 Å². The Morgan fingerprint density at radius 3 is 2.24 bits per heavy atom. The number of carboxylic acids is 1. The summed E-state index contributed by atoms with van der Waals surface area (Å²) in [5.41, 5.74) is 0.601. The van der Waals surface area contributed by atoms with E-state index in [-0.39, 0.29) is 36.5 Å². The van der Waals surface area contributed by atoms with Crippen LogP contribution in [0.2, 0.25) is 0 Å². The highest BCUT2D eigenvalue weighted by molar-refractivity contribution is 5.99. The van der Waals surface area contributed by atoms with Crippen LogP contribution in [0.3, 0.4) is 0 Å². The molecule has 4 unspecified atom stereocenters. The van der Waals surface area contributed by atoms with Gasteiger partial charge >= 0.3 is 5.97 Å². The zero-order valence-electron chi connectivity index (χ0n) is 12.5. The van der Waals surface area contributed by atoms with Gasteiger partial charge in [0.15, 0.2) is 0 Å². The van der Waals surface area contributed by atoms with Gasteiger partial charge in [-0.2, -0.15) is 0 Å². The predicted molar refractivity (Wildman–Crippen MR) is 79.1 cm³/mol. The summed E-state index contributed by atoms with van der Waals surface area (Å²) in [6, 6.07) is 8.90. The van der Waals surface area contributed by atoms with E-state index in [2.05, 4.69) is 0 Å². The maximum atomic E-state index is 12.8. The highest BCUT2D eigenvalue weighted by atomic mass is 16.5. The van der Waals surface area contributed by atoms with Crippen molar-refractivity contribution in [2.75, 3.05) is 11.4 Å². The number of hydrogen-bond donors (Lipinski definition) is 1. The Morgan fingerprint density at radius 1 is 1.14 bits per heavy atom. The van der Waals surface area contributed by atoms with Gasteiger partial charge < -0.3 is 14.7 Å². The molecule has 0 bridgehead atoms. The first kappa shape index (κ1) is 15.5. The van der Waals surface area contributed by atoms with Gasteiger partial charge in [-0.15, -0.1) is 0 Å². The van der Waals surface area contributed by atoms with E-state index in [4.69, 9.17) is 9.84 Å². The molecule has 1 N–H and O–H groups in total. The van der Waals surface area contributed by atoms with Crippen LogP contribution in [0.25, 0.3) is 0 Å². The number of ether oxygens (including phenoxy) is 1. The van der Waals surface area contributed by atoms with Gasteiger partial charge in [0.25, 0.3) is 0 Å². The van der Waals surface area contributed by atoms with Crippen molar-refractivity contribution < 1.29 is 19.4 Å². The maximum Gasteiger partial charge on any atom is 0.323 e. The van der Waals surface area contributed by atoms with Gasteiger partial charge in [0.2, 0.25) is 5.91 Å². The van der Waals surface area contributed by atoms with Crippen LogP contribution in [0.4, 0.5) is 5.69 Å². The van der Waals surface area contributed by atoms with Crippen molar-refractivity contribution in [1.29, 1.82) is 0 Å². The third kappa shape index (κ3) is 3.24. The number of aliphatic carboxylic acids is 1. The second-order valence-corrected chi connectivity index (χ2v) is 5.58. The molecule has 2 rings (SSSR count). The van der Waals surface area contributed by atoms with Gasteiger partial charge in [0.05, 0.1) is 18.1 Å². The smallest absolute Gasteiger partial charge is 0.323 e. The monoisotopic (exact) mass is 291 g/mol. The summed E-state index contributed by atoms with van der Waals surface area (Å²) in [5, 5.41) is 9.10. The molecular formula is C16H21NO4. The molecule has 21 heavy (non-hydrogen) atoms. The standard InChI is InChI=1S/C16H21NO4/c1-10-11(2)21-12(3)15(10)16(20)17(9-14(18)19)13-7-5-4-6-8-13/h4-8,10-12,15H,9H2,1-3H3,(H,18,19). The number of benzene rings is 1. The molecule has 4 atom stereocenters. The molecule has 0 aliphatic carbocycles. The van der Waals surface area contributed by atoms with Gasteiger partial charge in [0.1, 0.15) is 6.54 Å². The van der Waals surface area contributed by atoms with Crippen LogP contribution < -0.4 is 4.90 Å². The third-order valence-electron chi connectivity index (χ3n) is 4.15. The predicted octanol–water partition coefficient (Wildman–Crippen LogP) is 2.16. The molecule has 1 heterocycles. The molecule has 1 aliphatic rings. The molecule has 5 heteroatoms. The van der Waals surface area contributed by atoms with Crippen molar-refractivity contribution in [3.63, 3.8) is 0 Å². The molecule has 0 saturated carbocycles. The fourth-order valence-corrected chi connectivity index (χ4v) is 2.91. The van der Waals surface area contributed by atoms with Crippen LogP contribution in [0.1, 0.15) is 20.8 Å². The molecule has 1 fully saturated rings. The Hall–Kier alpha value is -1.88. The SMILES string of the molecule is CC1OC(C)C(C(=O)N(CC(=O)O)c2ccccc2)C1C. The number of anilines is 1. The molecule has 1 saturated heterocycles. The number of hydrogen-bond acceptors (Lipinski definition) is 3. The molecule has 1 amide bonds. The summed E-state index contributed by atoms with van der Waals surface area (Å²) in [5.74, 6) is -1.47. The van der Waals surface area contributed by atoms with Crippen molar-refractivity contribution in [2.24, 2.45) is 11.8 Å². The summed E-state index contributed by atoms with van der Waals surface area (Å²) in [4.78, 5) is 25.3. The average Bonchev–Trinajstić information content (AvgIpc) is 2.70. The number of carbonyl (C=O) groups excluding carboxylic acids is 1. The highest BCUT2D eigenvalue weighted by Crippen LogP contribution is 2.34. The average molecular weight is 291 g/mol. The van der Waals surface area contributed by atoms with E-state index >= 15 is 0 Å². The summed E-state index contributed by atoms with van der Waals surface area (Å²) in [6.45, 7) is 5.44. The summed E-state index contributed by atoms with van der Waals surface area (Å²) in [7, 11) is 0. The molecule has 1 aromatic rings. The van der Waals surface area contributed by atoms with Crippen molar-refractivity contribution in [1.82, 2.24) is 0 Å². The zero-order chi connectivity index (χ0) is 15.6. The number of rotatable bonds is 4. The van der Waals surface area contributed by atoms with E-state index < -0.39 is 5.97 Å². The molecule has 5 nitrogen and oxygen atoms in total. The van der Waals surface area contributed by atoms with E-state index in [1.807, 2.05) is 26.8 Å². The molecular weight excluding hydrogens is 270 g/mol. The first-order valence-corrected chi connectivity index (χ1v) is 7.15. The van der Waals surface area contributed by atoms with Gasteiger partial charge in [-0.1, -0.05) is 25.1 Å². The van der Waals surface area contributed by atoms with Crippen LogP contribution in [0.5, 0.6) is 0 Å². The van der Waals surface area contributed by atoms with Crippen molar-refractivity contribution in [2.45, 2.75) is 33.0 Å². The number of carbonyl (C=O) groups is 2. The van der Waals surface area contributed by atoms with E-state index in [1.165, 1.54) is 4.90 Å². The quantitative estimate of drug-likeness (QED) is 0.923. The second kappa shape index (κ2) is 6.26. The Balaban J connectivity index is 2.29. The number of para-hydroxylation sites is 1. The van der Waals surface area contributed by atoms with E-state index in [0.717, 1.165) is 0 Å². The van der Waals surface area contributed by atoms with E-state index in [1.54, 1.807) is 24.3 Å². The third-order valence-corrected chi connectivity index (χ3v) is 4.15. The Kier molecular flexibility index (Phi) is 4.63. The molecule has 0 radical (unpaired) electrons. The summed E-state index contributed by atoms with van der Waals surface area (Å²) >= 11 is 0. The van der Waals surface area contributed by atoms with Crippen molar-refractivity contribution >= 4 is 17.6 Å². The largest absolute Gasteiger partial charge is 0.480 e. The van der Waals surface area contributed by atoms with Gasteiger partial charge in [-0.3, -0.25) is 9.59 Å². The molecule has 1 aliphatic heterocycles. The van der Waals surface area contributed by atoms with Crippen molar-refractivity contribution in [3.8, 4) is 0 Å². The zero-order valence-corrected chi connectivity index (χ0v) is 12.5. The number of nitrogens with zero attached hydrogens (tertiary/aromatic N) is 1. The molecule has 114 valence electrons. The fraction of sp³-hybridized carbons (Fsp3) is 0.500. The number of amides is 1. The lowest BCUT2D eigenvalue weighted by molar-refractivity contribution is -0.137. The van der Waals surface area contributed by atoms with Gasteiger partial charge in [0, 0.05) is 5.69 Å². The lowest BCUT2D eigenvalue weighted by atomic mass is 9.88. The van der Waals surface area contributed by atoms with Crippen LogP contribution in [-0.4, -0.2) is 35.7 Å². The molecule has 0 aromatic heterocycles. The normalized spacial score (nSPS) is 28.3. The minimum absolute atomic E-state index is 0.00333. The Labute approximate surface area is 124 Å². The minimum atomic E-state index is -1.03. The van der Waals surface area contributed by atoms with E-state index in [0.29, 0.717) is 5.69 Å². The topological polar surface area (TPSA) is 66.8 Å². The van der Waals surface area contributed by atoms with Gasteiger partial charge in [-0.25, -0.2) is 0 Å². The van der Waals surface area contributed by atoms with Crippen LogP contribution >= 0.6 is 0 Å². The van der Waals surface area contributed by atoms with Crippen molar-refractivity contribution in [3.05, 3.63) is 30.3 Å². The fourth-order valence-electron chi connectivity index (χ4n) is 2.91. The summed E-state index contributed by atoms with van der Waals surface area (Å²) in [6.07, 6.45) is -0.209. The van der Waals surface area contributed by atoms with Crippen LogP contribution in [0.15, 0.2) is 30.3 Å². The Morgan fingerprint density at radius 2 is 1.76 bits per heavy atom. The lowest BCUT2D eigenvalue weighted by Gasteiger charge is -2.27. The molecule has 1 aromatic carbocycles. The maximum absolute atomic E-state index is 12.8. The second-order valence-electron chi connectivity index (χ2n) is 5.58. The lowest BCUT2D eigenvalue weighted by Crippen LogP contribution is -2.43. The Bertz CT molecular complexity index is 516.